The van der Waals surface area contributed by atoms with Gasteiger partial charge in [-0.1, -0.05) is 53.3 Å². The molecule has 0 spiro atoms. The lowest BCUT2D eigenvalue weighted by molar-refractivity contribution is -0.118. The molecule has 1 fully saturated rings. The first-order valence-corrected chi connectivity index (χ1v) is 12.1. The molecule has 158 valence electrons. The molecule has 1 amide bonds. The summed E-state index contributed by atoms with van der Waals surface area (Å²) >= 11 is 3.13. The van der Waals surface area contributed by atoms with E-state index in [1.54, 1.807) is 27.6 Å². The number of amides is 1. The van der Waals surface area contributed by atoms with Gasteiger partial charge in [0.2, 0.25) is 5.91 Å². The number of para-hydroxylation sites is 1. The lowest BCUT2D eigenvalue weighted by Gasteiger charge is -2.22. The number of hydrogen-bond acceptors (Lipinski definition) is 6. The second-order valence-electron chi connectivity index (χ2n) is 7.79. The molecule has 7 heteroatoms. The summed E-state index contributed by atoms with van der Waals surface area (Å²) in [5.74, 6) is 0.00955. The molecular weight excluding hydrogens is 426 g/mol. The molecule has 2 aromatic carbocycles. The average molecular weight is 450 g/mol. The van der Waals surface area contributed by atoms with Crippen LogP contribution < -0.4 is 4.90 Å². The van der Waals surface area contributed by atoms with E-state index in [4.69, 9.17) is 14.7 Å². The molecule has 5 nitrogen and oxygen atoms in total. The van der Waals surface area contributed by atoms with E-state index in [1.165, 1.54) is 5.56 Å². The number of aryl methyl sites for hydroxylation is 1. The Morgan fingerprint density at radius 3 is 2.77 bits per heavy atom. The van der Waals surface area contributed by atoms with Crippen molar-refractivity contribution in [3.05, 3.63) is 65.2 Å². The highest BCUT2D eigenvalue weighted by Gasteiger charge is 2.26. The van der Waals surface area contributed by atoms with Gasteiger partial charge in [0.05, 0.1) is 35.0 Å². The quantitative estimate of drug-likeness (QED) is 0.391. The van der Waals surface area contributed by atoms with E-state index < -0.39 is 0 Å². The minimum absolute atomic E-state index is 0.00955. The van der Waals surface area contributed by atoms with Crippen molar-refractivity contribution in [3.8, 4) is 10.6 Å². The second kappa shape index (κ2) is 8.86. The van der Waals surface area contributed by atoms with Crippen LogP contribution >= 0.6 is 22.7 Å². The number of nitrogens with zero attached hydrogens (tertiary/aromatic N) is 3. The lowest BCUT2D eigenvalue weighted by Crippen LogP contribution is -2.38. The molecule has 31 heavy (non-hydrogen) atoms. The summed E-state index contributed by atoms with van der Waals surface area (Å²) in [5.41, 5.74) is 4.01. The van der Waals surface area contributed by atoms with E-state index in [0.717, 1.165) is 51.1 Å². The largest absolute Gasteiger partial charge is 0.376 e. The van der Waals surface area contributed by atoms with Crippen molar-refractivity contribution >= 4 is 43.9 Å². The lowest BCUT2D eigenvalue weighted by atomic mass is 10.2. The summed E-state index contributed by atoms with van der Waals surface area (Å²) in [4.78, 5) is 24.6. The Kier molecular flexibility index (Phi) is 5.80. The number of thiazole rings is 2. The first kappa shape index (κ1) is 20.3. The molecule has 0 N–H and O–H groups in total. The highest BCUT2D eigenvalue weighted by atomic mass is 32.1. The number of fused-ring (bicyclic) bond motifs is 1. The first-order chi connectivity index (χ1) is 15.2. The zero-order valence-electron chi connectivity index (χ0n) is 17.3. The Balaban J connectivity index is 1.38. The third-order valence-corrected chi connectivity index (χ3v) is 7.41. The van der Waals surface area contributed by atoms with Crippen LogP contribution in [0, 0.1) is 6.92 Å². The van der Waals surface area contributed by atoms with Gasteiger partial charge in [-0.25, -0.2) is 9.97 Å². The Morgan fingerprint density at radius 2 is 2.00 bits per heavy atom. The molecule has 1 atom stereocenters. The first-order valence-electron chi connectivity index (χ1n) is 10.4. The van der Waals surface area contributed by atoms with Crippen molar-refractivity contribution in [1.29, 1.82) is 0 Å². The zero-order valence-corrected chi connectivity index (χ0v) is 18.9. The van der Waals surface area contributed by atoms with Crippen molar-refractivity contribution in [3.63, 3.8) is 0 Å². The van der Waals surface area contributed by atoms with Gasteiger partial charge in [0.1, 0.15) is 5.01 Å². The predicted octanol–water partition coefficient (Wildman–Crippen LogP) is 5.48. The zero-order chi connectivity index (χ0) is 21.2. The van der Waals surface area contributed by atoms with Crippen LogP contribution in [-0.4, -0.2) is 35.1 Å². The smallest absolute Gasteiger partial charge is 0.234 e. The normalized spacial score (nSPS) is 16.1. The molecule has 4 aromatic rings. The predicted molar refractivity (Wildman–Crippen MR) is 127 cm³/mol. The molecule has 0 aliphatic carbocycles. The van der Waals surface area contributed by atoms with E-state index in [9.17, 15) is 4.79 Å². The monoisotopic (exact) mass is 449 g/mol. The summed E-state index contributed by atoms with van der Waals surface area (Å²) < 4.78 is 6.90. The Hall–Kier alpha value is -2.61. The van der Waals surface area contributed by atoms with Crippen LogP contribution in [0.2, 0.25) is 0 Å². The van der Waals surface area contributed by atoms with Gasteiger partial charge in [0, 0.05) is 17.6 Å². The van der Waals surface area contributed by atoms with E-state index in [-0.39, 0.29) is 18.4 Å². The fraction of sp³-hybridized carbons (Fsp3) is 0.292. The third-order valence-electron chi connectivity index (χ3n) is 5.41. The molecule has 1 aliphatic heterocycles. The Morgan fingerprint density at radius 1 is 1.16 bits per heavy atom. The van der Waals surface area contributed by atoms with E-state index in [1.807, 2.05) is 29.6 Å². The number of rotatable bonds is 6. The minimum Gasteiger partial charge on any atom is -0.376 e. The number of carbonyl (C=O) groups excluding carboxylic acids is 1. The number of ether oxygens (including phenoxy) is 1. The van der Waals surface area contributed by atoms with E-state index >= 15 is 0 Å². The highest BCUT2D eigenvalue weighted by Crippen LogP contribution is 2.31. The van der Waals surface area contributed by atoms with Gasteiger partial charge in [-0.2, -0.15) is 0 Å². The van der Waals surface area contributed by atoms with E-state index in [0.29, 0.717) is 6.54 Å². The van der Waals surface area contributed by atoms with Gasteiger partial charge < -0.3 is 4.74 Å². The summed E-state index contributed by atoms with van der Waals surface area (Å²) in [6.07, 6.45) is 2.33. The maximum atomic E-state index is 13.4. The number of aromatic nitrogens is 2. The third kappa shape index (κ3) is 4.54. The van der Waals surface area contributed by atoms with Gasteiger partial charge in [-0.3, -0.25) is 9.69 Å². The molecule has 1 unspecified atom stereocenters. The number of anilines is 1. The van der Waals surface area contributed by atoms with E-state index in [2.05, 4.69) is 31.2 Å². The molecule has 1 saturated heterocycles. The summed E-state index contributed by atoms with van der Waals surface area (Å²) in [5, 5.41) is 3.65. The topological polar surface area (TPSA) is 55.3 Å². The summed E-state index contributed by atoms with van der Waals surface area (Å²) in [6.45, 7) is 3.37. The van der Waals surface area contributed by atoms with Crippen LogP contribution in [-0.2, 0) is 16.0 Å². The number of hydrogen-bond donors (Lipinski definition) is 0. The van der Waals surface area contributed by atoms with Crippen LogP contribution in [0.1, 0.15) is 24.1 Å². The van der Waals surface area contributed by atoms with Gasteiger partial charge in [-0.05, 0) is 31.9 Å². The van der Waals surface area contributed by atoms with Crippen LogP contribution in [0.25, 0.3) is 20.8 Å². The maximum Gasteiger partial charge on any atom is 0.234 e. The van der Waals surface area contributed by atoms with Crippen molar-refractivity contribution < 1.29 is 9.53 Å². The molecule has 3 heterocycles. The summed E-state index contributed by atoms with van der Waals surface area (Å²) in [6, 6.07) is 16.3. The average Bonchev–Trinajstić information content (AvgIpc) is 3.53. The van der Waals surface area contributed by atoms with Gasteiger partial charge in [-0.15, -0.1) is 11.3 Å². The standard InChI is InChI=1S/C24H23N3O2S2/c1-16-8-10-17(11-9-16)23-25-18(15-30-23)13-22(28)27(14-19-5-4-12-29-19)24-26-20-6-2-3-7-21(20)31-24/h2-3,6-11,15,19H,4-5,12-14H2,1H3. The molecule has 1 aliphatic rings. The Bertz CT molecular complexity index is 1160. The fourth-order valence-electron chi connectivity index (χ4n) is 3.72. The van der Waals surface area contributed by atoms with Crippen molar-refractivity contribution in [2.75, 3.05) is 18.1 Å². The number of carbonyl (C=O) groups is 1. The SMILES string of the molecule is Cc1ccc(-c2nc(CC(=O)N(CC3CCCO3)c3nc4ccccc4s3)cs2)cc1. The van der Waals surface area contributed by atoms with Crippen LogP contribution in [0.4, 0.5) is 5.13 Å². The highest BCUT2D eigenvalue weighted by molar-refractivity contribution is 7.22. The van der Waals surface area contributed by atoms with Gasteiger partial charge in [0.25, 0.3) is 0 Å². The van der Waals surface area contributed by atoms with Crippen molar-refractivity contribution in [1.82, 2.24) is 9.97 Å². The maximum absolute atomic E-state index is 13.4. The molecule has 5 rings (SSSR count). The fourth-order valence-corrected chi connectivity index (χ4v) is 5.54. The second-order valence-corrected chi connectivity index (χ2v) is 9.66. The molecular formula is C24H23N3O2S2. The summed E-state index contributed by atoms with van der Waals surface area (Å²) in [7, 11) is 0. The van der Waals surface area contributed by atoms with Gasteiger partial charge in [0.15, 0.2) is 5.13 Å². The van der Waals surface area contributed by atoms with Crippen LogP contribution in [0.5, 0.6) is 0 Å². The van der Waals surface area contributed by atoms with Crippen molar-refractivity contribution in [2.24, 2.45) is 0 Å². The number of benzene rings is 2. The molecule has 2 aromatic heterocycles. The van der Waals surface area contributed by atoms with Gasteiger partial charge >= 0.3 is 0 Å². The molecule has 0 saturated carbocycles. The Labute approximate surface area is 189 Å². The van der Waals surface area contributed by atoms with Crippen molar-refractivity contribution in [2.45, 2.75) is 32.3 Å². The minimum atomic E-state index is 0.00955. The van der Waals surface area contributed by atoms with Crippen LogP contribution in [0.15, 0.2) is 53.9 Å². The molecule has 0 radical (unpaired) electrons. The molecule has 0 bridgehead atoms. The van der Waals surface area contributed by atoms with Crippen LogP contribution in [0.3, 0.4) is 0 Å².